The average Bonchev–Trinajstić information content (AvgIpc) is 2.73. The van der Waals surface area contributed by atoms with Crippen molar-refractivity contribution in [3.8, 4) is 0 Å². The second-order valence-electron chi connectivity index (χ2n) is 10.6. The van der Waals surface area contributed by atoms with E-state index in [1.807, 2.05) is 64.1 Å². The molecule has 0 bridgehead atoms. The monoisotopic (exact) mass is 460 g/mol. The zero-order chi connectivity index (χ0) is 24.9. The molecule has 0 spiro atoms. The lowest BCUT2D eigenvalue weighted by Gasteiger charge is -2.38. The topological polar surface area (TPSA) is 46.9 Å². The highest BCUT2D eigenvalue weighted by Crippen LogP contribution is 2.33. The van der Waals surface area contributed by atoms with Gasteiger partial charge >= 0.3 is 0 Å². The Morgan fingerprint density at radius 2 is 0.941 bits per heavy atom. The normalized spacial score (nSPS) is 14.4. The minimum Gasteiger partial charge on any atom is -0.388 e. The molecule has 182 valence electrons. The molecular weight excluding hydrogens is 420 g/mol. The summed E-state index contributed by atoms with van der Waals surface area (Å²) >= 11 is 0. The fourth-order valence-corrected chi connectivity index (χ4v) is 5.26. The highest BCUT2D eigenvalue weighted by atomic mass is 16.3. The van der Waals surface area contributed by atoms with Crippen LogP contribution in [-0.4, -0.2) is 45.3 Å². The van der Waals surface area contributed by atoms with E-state index in [0.717, 1.165) is 11.1 Å². The van der Waals surface area contributed by atoms with Crippen LogP contribution < -0.4 is 0 Å². The molecule has 0 radical (unpaired) electrons. The van der Waals surface area contributed by atoms with Crippen molar-refractivity contribution >= 4 is 0 Å². The number of rotatable bonds is 10. The molecular formula is C30H40N2O2. The fraction of sp³-hybridized carbons (Fsp3) is 0.400. The summed E-state index contributed by atoms with van der Waals surface area (Å²) in [5, 5.41) is 21.9. The van der Waals surface area contributed by atoms with Gasteiger partial charge in [-0.3, -0.25) is 9.80 Å². The Bertz CT molecular complexity index is 942. The van der Waals surface area contributed by atoms with Gasteiger partial charge in [-0.15, -0.1) is 0 Å². The summed E-state index contributed by atoms with van der Waals surface area (Å²) in [7, 11) is 4.13. The van der Waals surface area contributed by atoms with Gasteiger partial charge in [-0.05, 0) is 64.0 Å². The van der Waals surface area contributed by atoms with Gasteiger partial charge in [0.1, 0.15) is 0 Å². The third-order valence-corrected chi connectivity index (χ3v) is 6.31. The summed E-state index contributed by atoms with van der Waals surface area (Å²) < 4.78 is 0. The molecule has 0 heterocycles. The molecule has 0 aromatic heterocycles. The van der Waals surface area contributed by atoms with Crippen LogP contribution in [0.5, 0.6) is 0 Å². The van der Waals surface area contributed by atoms with Crippen LogP contribution >= 0.6 is 0 Å². The van der Waals surface area contributed by atoms with Crippen molar-refractivity contribution in [1.29, 1.82) is 0 Å². The van der Waals surface area contributed by atoms with Gasteiger partial charge in [-0.2, -0.15) is 0 Å². The number of hydrogen-bond donors (Lipinski definition) is 2. The zero-order valence-electron chi connectivity index (χ0n) is 21.4. The number of nitrogens with zero attached hydrogens (tertiary/aromatic N) is 2. The standard InChI is InChI=1S/C30H40N2O2/c1-29(2,33)27(25-16-9-7-10-17-25)31(5)21-23-14-13-15-24(20-23)22-32(6)28(30(3,4)34)26-18-11-8-12-19-26/h7-20,27-28,33-34H,21-22H2,1-6H3/t27-,28-/m1/s1. The summed E-state index contributed by atoms with van der Waals surface area (Å²) in [6.07, 6.45) is 0. The van der Waals surface area contributed by atoms with Gasteiger partial charge in [0.05, 0.1) is 23.3 Å². The second kappa shape index (κ2) is 10.8. The lowest BCUT2D eigenvalue weighted by Crippen LogP contribution is -2.40. The van der Waals surface area contributed by atoms with E-state index < -0.39 is 11.2 Å². The molecule has 0 fully saturated rings. The smallest absolute Gasteiger partial charge is 0.0787 e. The maximum Gasteiger partial charge on any atom is 0.0787 e. The Morgan fingerprint density at radius 1 is 0.588 bits per heavy atom. The van der Waals surface area contributed by atoms with E-state index in [9.17, 15) is 10.2 Å². The average molecular weight is 461 g/mol. The summed E-state index contributed by atoms with van der Waals surface area (Å²) in [6.45, 7) is 8.91. The first kappa shape index (κ1) is 26.1. The minimum absolute atomic E-state index is 0.127. The molecule has 4 heteroatoms. The molecule has 0 aliphatic heterocycles. The van der Waals surface area contributed by atoms with Crippen LogP contribution in [0.1, 0.15) is 62.0 Å². The molecule has 2 atom stereocenters. The molecule has 0 saturated heterocycles. The highest BCUT2D eigenvalue weighted by molar-refractivity contribution is 5.27. The highest BCUT2D eigenvalue weighted by Gasteiger charge is 2.33. The molecule has 4 nitrogen and oxygen atoms in total. The molecule has 34 heavy (non-hydrogen) atoms. The third kappa shape index (κ3) is 6.77. The quantitative estimate of drug-likeness (QED) is 0.415. The van der Waals surface area contributed by atoms with Crippen LogP contribution in [0, 0.1) is 0 Å². The van der Waals surface area contributed by atoms with Crippen molar-refractivity contribution in [3.63, 3.8) is 0 Å². The van der Waals surface area contributed by atoms with E-state index in [2.05, 4.69) is 72.4 Å². The van der Waals surface area contributed by atoms with Gasteiger partial charge in [0, 0.05) is 13.1 Å². The molecule has 2 N–H and O–H groups in total. The van der Waals surface area contributed by atoms with Crippen molar-refractivity contribution in [1.82, 2.24) is 9.80 Å². The second-order valence-corrected chi connectivity index (χ2v) is 10.6. The Balaban J connectivity index is 1.79. The van der Waals surface area contributed by atoms with Crippen LogP contribution in [0.2, 0.25) is 0 Å². The van der Waals surface area contributed by atoms with E-state index >= 15 is 0 Å². The van der Waals surface area contributed by atoms with Gasteiger partial charge in [0.2, 0.25) is 0 Å². The largest absolute Gasteiger partial charge is 0.388 e. The predicted octanol–water partition coefficient (Wildman–Crippen LogP) is 5.57. The summed E-state index contributed by atoms with van der Waals surface area (Å²) in [5.41, 5.74) is 2.82. The van der Waals surface area contributed by atoms with Crippen molar-refractivity contribution in [3.05, 3.63) is 107 Å². The number of benzene rings is 3. The molecule has 3 aromatic carbocycles. The molecule has 0 saturated carbocycles. The van der Waals surface area contributed by atoms with E-state index in [-0.39, 0.29) is 12.1 Å². The van der Waals surface area contributed by atoms with E-state index in [1.54, 1.807) is 0 Å². The Morgan fingerprint density at radius 3 is 1.26 bits per heavy atom. The zero-order valence-corrected chi connectivity index (χ0v) is 21.4. The van der Waals surface area contributed by atoms with Crippen molar-refractivity contribution in [2.45, 2.75) is 64.1 Å². The van der Waals surface area contributed by atoms with Gasteiger partial charge in [0.25, 0.3) is 0 Å². The Kier molecular flexibility index (Phi) is 8.32. The van der Waals surface area contributed by atoms with Crippen LogP contribution in [0.25, 0.3) is 0 Å². The van der Waals surface area contributed by atoms with Crippen molar-refractivity contribution < 1.29 is 10.2 Å². The van der Waals surface area contributed by atoms with Gasteiger partial charge in [-0.1, -0.05) is 84.9 Å². The molecule has 0 amide bonds. The van der Waals surface area contributed by atoms with Crippen molar-refractivity contribution in [2.24, 2.45) is 0 Å². The van der Waals surface area contributed by atoms with Gasteiger partial charge in [-0.25, -0.2) is 0 Å². The summed E-state index contributed by atoms with van der Waals surface area (Å²) in [6, 6.07) is 28.7. The molecule has 0 aliphatic rings. The predicted molar refractivity (Wildman–Crippen MR) is 140 cm³/mol. The first-order valence-corrected chi connectivity index (χ1v) is 12.0. The van der Waals surface area contributed by atoms with E-state index in [4.69, 9.17) is 0 Å². The van der Waals surface area contributed by atoms with Crippen molar-refractivity contribution in [2.75, 3.05) is 14.1 Å². The van der Waals surface area contributed by atoms with Gasteiger partial charge in [0.15, 0.2) is 0 Å². The molecule has 3 rings (SSSR count). The van der Waals surface area contributed by atoms with Crippen LogP contribution in [0.4, 0.5) is 0 Å². The summed E-state index contributed by atoms with van der Waals surface area (Å²) in [4.78, 5) is 4.42. The van der Waals surface area contributed by atoms with Crippen LogP contribution in [0.15, 0.2) is 84.9 Å². The SMILES string of the molecule is CN(Cc1cccc(CN(C)[C@H](c2ccccc2)C(C)(C)O)c1)[C@H](c1ccccc1)C(C)(C)O. The van der Waals surface area contributed by atoms with Crippen LogP contribution in [-0.2, 0) is 13.1 Å². The number of hydrogen-bond acceptors (Lipinski definition) is 4. The third-order valence-electron chi connectivity index (χ3n) is 6.31. The lowest BCUT2D eigenvalue weighted by atomic mass is 9.90. The molecule has 0 aliphatic carbocycles. The first-order chi connectivity index (χ1) is 16.0. The Hall–Kier alpha value is -2.50. The minimum atomic E-state index is -0.885. The summed E-state index contributed by atoms with van der Waals surface area (Å²) in [5.74, 6) is 0. The van der Waals surface area contributed by atoms with Gasteiger partial charge < -0.3 is 10.2 Å². The number of likely N-dealkylation sites (N-methyl/N-ethyl adjacent to an activating group) is 2. The maximum atomic E-state index is 10.9. The van der Waals surface area contributed by atoms with Crippen LogP contribution in [0.3, 0.4) is 0 Å². The van der Waals surface area contributed by atoms with E-state index in [0.29, 0.717) is 13.1 Å². The number of aliphatic hydroxyl groups is 2. The first-order valence-electron chi connectivity index (χ1n) is 12.0. The van der Waals surface area contributed by atoms with E-state index in [1.165, 1.54) is 11.1 Å². The molecule has 3 aromatic rings. The lowest BCUT2D eigenvalue weighted by molar-refractivity contribution is -0.0150. The Labute approximate surface area is 205 Å². The molecule has 0 unspecified atom stereocenters. The fourth-order valence-electron chi connectivity index (χ4n) is 5.26. The maximum absolute atomic E-state index is 10.9.